The fourth-order valence-electron chi connectivity index (χ4n) is 3.07. The molecule has 1 aromatic carbocycles. The molecule has 128 valence electrons. The summed E-state index contributed by atoms with van der Waals surface area (Å²) >= 11 is 0. The smallest absolute Gasteiger partial charge is 0.272 e. The monoisotopic (exact) mass is 335 g/mol. The fraction of sp³-hybridized carbons (Fsp3) is 0.368. The summed E-state index contributed by atoms with van der Waals surface area (Å²) in [7, 11) is 0. The van der Waals surface area contributed by atoms with Gasteiger partial charge in [-0.2, -0.15) is 5.26 Å². The molecule has 25 heavy (non-hydrogen) atoms. The summed E-state index contributed by atoms with van der Waals surface area (Å²) in [4.78, 5) is 23.4. The Labute approximate surface area is 147 Å². The zero-order valence-electron chi connectivity index (χ0n) is 14.5. The van der Waals surface area contributed by atoms with Gasteiger partial charge in [0.05, 0.1) is 11.6 Å². The third-order valence-corrected chi connectivity index (χ3v) is 4.27. The van der Waals surface area contributed by atoms with Crippen molar-refractivity contribution in [1.29, 1.82) is 5.26 Å². The van der Waals surface area contributed by atoms with E-state index in [0.717, 1.165) is 37.3 Å². The molecule has 1 aliphatic rings. The largest absolute Gasteiger partial charge is 0.337 e. The molecule has 3 rings (SSSR count). The number of anilines is 2. The van der Waals surface area contributed by atoms with Crippen LogP contribution in [0.1, 0.15) is 41.5 Å². The van der Waals surface area contributed by atoms with Crippen molar-refractivity contribution in [1.82, 2.24) is 14.9 Å². The SMILES string of the molecule is Cc1cc(C(=O)N2CCCC(C)C2)nc(Nc2cccc(C#N)c2)n1. The van der Waals surface area contributed by atoms with Crippen LogP contribution in [0.2, 0.25) is 0 Å². The van der Waals surface area contributed by atoms with Gasteiger partial charge < -0.3 is 10.2 Å². The number of amides is 1. The van der Waals surface area contributed by atoms with Crippen molar-refractivity contribution in [3.05, 3.63) is 47.3 Å². The predicted molar refractivity (Wildman–Crippen MR) is 95.5 cm³/mol. The molecule has 2 heterocycles. The first-order valence-corrected chi connectivity index (χ1v) is 8.47. The zero-order valence-corrected chi connectivity index (χ0v) is 14.5. The van der Waals surface area contributed by atoms with Gasteiger partial charge in [-0.1, -0.05) is 13.0 Å². The molecule has 1 amide bonds. The molecule has 1 aromatic heterocycles. The first-order chi connectivity index (χ1) is 12.0. The lowest BCUT2D eigenvalue weighted by Gasteiger charge is -2.30. The molecule has 0 spiro atoms. The van der Waals surface area contributed by atoms with Crippen LogP contribution in [0.25, 0.3) is 0 Å². The zero-order chi connectivity index (χ0) is 17.8. The van der Waals surface area contributed by atoms with Crippen LogP contribution in [-0.2, 0) is 0 Å². The Bertz CT molecular complexity index is 827. The summed E-state index contributed by atoms with van der Waals surface area (Å²) in [6, 6.07) is 10.9. The molecular weight excluding hydrogens is 314 g/mol. The summed E-state index contributed by atoms with van der Waals surface area (Å²) in [6.07, 6.45) is 2.19. The van der Waals surface area contributed by atoms with Gasteiger partial charge in [-0.3, -0.25) is 4.79 Å². The number of carbonyl (C=O) groups excluding carboxylic acids is 1. The van der Waals surface area contributed by atoms with E-state index in [1.54, 1.807) is 24.3 Å². The minimum Gasteiger partial charge on any atom is -0.337 e. The number of nitrogens with one attached hydrogen (secondary N) is 1. The molecule has 1 aliphatic heterocycles. The second-order valence-corrected chi connectivity index (χ2v) is 6.53. The lowest BCUT2D eigenvalue weighted by molar-refractivity contribution is 0.0677. The van der Waals surface area contributed by atoms with Crippen LogP contribution >= 0.6 is 0 Å². The van der Waals surface area contributed by atoms with Crippen LogP contribution in [0.15, 0.2) is 30.3 Å². The van der Waals surface area contributed by atoms with Crippen LogP contribution in [0.4, 0.5) is 11.6 Å². The van der Waals surface area contributed by atoms with Gasteiger partial charge in [0, 0.05) is 24.5 Å². The van der Waals surface area contributed by atoms with E-state index in [2.05, 4.69) is 28.3 Å². The molecule has 2 aromatic rings. The van der Waals surface area contributed by atoms with Crippen molar-refractivity contribution in [3.8, 4) is 6.07 Å². The number of carbonyl (C=O) groups is 1. The van der Waals surface area contributed by atoms with Crippen molar-refractivity contribution < 1.29 is 4.79 Å². The standard InChI is InChI=1S/C19H21N5O/c1-13-5-4-8-24(12-13)18(25)17-9-14(2)21-19(23-17)22-16-7-3-6-15(10-16)11-20/h3,6-7,9-10,13H,4-5,8,12H2,1-2H3,(H,21,22,23). The number of aryl methyl sites for hydroxylation is 1. The molecular formula is C19H21N5O. The lowest BCUT2D eigenvalue weighted by atomic mass is 10.00. The number of piperidine rings is 1. The summed E-state index contributed by atoms with van der Waals surface area (Å²) in [5, 5.41) is 12.1. The van der Waals surface area contributed by atoms with E-state index in [-0.39, 0.29) is 5.91 Å². The Balaban J connectivity index is 1.82. The highest BCUT2D eigenvalue weighted by Crippen LogP contribution is 2.19. The highest BCUT2D eigenvalue weighted by molar-refractivity contribution is 5.92. The molecule has 1 fully saturated rings. The van der Waals surface area contributed by atoms with Crippen molar-refractivity contribution >= 4 is 17.5 Å². The molecule has 0 saturated carbocycles. The summed E-state index contributed by atoms with van der Waals surface area (Å²) in [6.45, 7) is 5.56. The maximum atomic E-state index is 12.8. The molecule has 6 nitrogen and oxygen atoms in total. The minimum atomic E-state index is -0.0501. The average molecular weight is 335 g/mol. The van der Waals surface area contributed by atoms with Gasteiger partial charge in [0.15, 0.2) is 0 Å². The van der Waals surface area contributed by atoms with Gasteiger partial charge in [0.2, 0.25) is 5.95 Å². The molecule has 1 N–H and O–H groups in total. The quantitative estimate of drug-likeness (QED) is 0.931. The van der Waals surface area contributed by atoms with Gasteiger partial charge in [0.1, 0.15) is 5.69 Å². The third kappa shape index (κ3) is 4.13. The number of hydrogen-bond acceptors (Lipinski definition) is 5. The van der Waals surface area contributed by atoms with Gasteiger partial charge in [-0.05, 0) is 49.9 Å². The average Bonchev–Trinajstić information content (AvgIpc) is 2.60. The number of likely N-dealkylation sites (tertiary alicyclic amines) is 1. The highest BCUT2D eigenvalue weighted by atomic mass is 16.2. The van der Waals surface area contributed by atoms with Crippen molar-refractivity contribution in [3.63, 3.8) is 0 Å². The maximum absolute atomic E-state index is 12.8. The molecule has 0 radical (unpaired) electrons. The van der Waals surface area contributed by atoms with Crippen LogP contribution in [0, 0.1) is 24.2 Å². The van der Waals surface area contributed by atoms with Gasteiger partial charge >= 0.3 is 0 Å². The second kappa shape index (κ2) is 7.31. The lowest BCUT2D eigenvalue weighted by Crippen LogP contribution is -2.39. The van der Waals surface area contributed by atoms with E-state index in [4.69, 9.17) is 5.26 Å². The van der Waals surface area contributed by atoms with Crippen molar-refractivity contribution in [2.45, 2.75) is 26.7 Å². The van der Waals surface area contributed by atoms with Crippen LogP contribution < -0.4 is 5.32 Å². The van der Waals surface area contributed by atoms with E-state index in [1.165, 1.54) is 0 Å². The molecule has 0 aliphatic carbocycles. The number of nitriles is 1. The number of rotatable bonds is 3. The highest BCUT2D eigenvalue weighted by Gasteiger charge is 2.23. The number of benzene rings is 1. The van der Waals surface area contributed by atoms with E-state index < -0.39 is 0 Å². The normalized spacial score (nSPS) is 17.0. The maximum Gasteiger partial charge on any atom is 0.272 e. The van der Waals surface area contributed by atoms with Crippen LogP contribution in [0.3, 0.4) is 0 Å². The Hall–Kier alpha value is -2.94. The van der Waals surface area contributed by atoms with E-state index >= 15 is 0 Å². The number of nitrogens with zero attached hydrogens (tertiary/aromatic N) is 4. The van der Waals surface area contributed by atoms with E-state index in [1.807, 2.05) is 17.9 Å². The summed E-state index contributed by atoms with van der Waals surface area (Å²) in [5.41, 5.74) is 2.40. The van der Waals surface area contributed by atoms with Gasteiger partial charge in [-0.25, -0.2) is 9.97 Å². The van der Waals surface area contributed by atoms with Gasteiger partial charge in [-0.15, -0.1) is 0 Å². The topological polar surface area (TPSA) is 81.9 Å². The Morgan fingerprint density at radius 1 is 1.36 bits per heavy atom. The summed E-state index contributed by atoms with van der Waals surface area (Å²) < 4.78 is 0. The molecule has 1 atom stereocenters. The second-order valence-electron chi connectivity index (χ2n) is 6.53. The van der Waals surface area contributed by atoms with Crippen molar-refractivity contribution in [2.24, 2.45) is 5.92 Å². The van der Waals surface area contributed by atoms with Crippen molar-refractivity contribution in [2.75, 3.05) is 18.4 Å². The first-order valence-electron chi connectivity index (χ1n) is 8.47. The fourth-order valence-corrected chi connectivity index (χ4v) is 3.07. The molecule has 6 heteroatoms. The Kier molecular flexibility index (Phi) is 4.94. The summed E-state index contributed by atoms with van der Waals surface area (Å²) in [5.74, 6) is 0.835. The van der Waals surface area contributed by atoms with E-state index in [0.29, 0.717) is 23.1 Å². The Morgan fingerprint density at radius 3 is 2.96 bits per heavy atom. The van der Waals surface area contributed by atoms with Gasteiger partial charge in [0.25, 0.3) is 5.91 Å². The van der Waals surface area contributed by atoms with Crippen LogP contribution in [-0.4, -0.2) is 33.9 Å². The van der Waals surface area contributed by atoms with Crippen LogP contribution in [0.5, 0.6) is 0 Å². The predicted octanol–water partition coefficient (Wildman–Crippen LogP) is 3.27. The molecule has 1 unspecified atom stereocenters. The Morgan fingerprint density at radius 2 is 2.20 bits per heavy atom. The number of hydrogen-bond donors (Lipinski definition) is 1. The molecule has 1 saturated heterocycles. The minimum absolute atomic E-state index is 0.0501. The first kappa shape index (κ1) is 16.9. The third-order valence-electron chi connectivity index (χ3n) is 4.27. The van der Waals surface area contributed by atoms with E-state index in [9.17, 15) is 4.79 Å². The molecule has 0 bridgehead atoms. The number of aromatic nitrogens is 2.